The van der Waals surface area contributed by atoms with Crippen LogP contribution in [0.2, 0.25) is 0 Å². The molecule has 3 aromatic rings. The van der Waals surface area contributed by atoms with Crippen LogP contribution in [0.15, 0.2) is 42.5 Å². The lowest BCUT2D eigenvalue weighted by molar-refractivity contribution is -0.149. The van der Waals surface area contributed by atoms with Crippen LogP contribution in [0.1, 0.15) is 83.5 Å². The molecule has 2 amide bonds. The van der Waals surface area contributed by atoms with Gasteiger partial charge in [-0.1, -0.05) is 58.6 Å². The van der Waals surface area contributed by atoms with Crippen molar-refractivity contribution in [2.24, 2.45) is 5.92 Å². The zero-order valence-electron chi connectivity index (χ0n) is 24.4. The summed E-state index contributed by atoms with van der Waals surface area (Å²) in [5.74, 6) is 1.61. The number of fused-ring (bicyclic) bond motifs is 1. The highest BCUT2D eigenvalue weighted by Crippen LogP contribution is 2.25. The SMILES string of the molecule is CCCCc1nc2ccc(NC(=O)NC3CCCCC3)cc2n1Cc1ccc(OC(CC(C)C)C(=O)OC)cc1. The average molecular weight is 549 g/mol. The summed E-state index contributed by atoms with van der Waals surface area (Å²) in [6.45, 7) is 6.93. The lowest BCUT2D eigenvalue weighted by Gasteiger charge is -2.22. The maximum atomic E-state index is 12.7. The van der Waals surface area contributed by atoms with E-state index in [0.717, 1.165) is 60.2 Å². The lowest BCUT2D eigenvalue weighted by atomic mass is 9.96. The Kier molecular flexibility index (Phi) is 10.4. The van der Waals surface area contributed by atoms with Crippen molar-refractivity contribution in [2.45, 2.75) is 97.2 Å². The van der Waals surface area contributed by atoms with Crippen molar-refractivity contribution < 1.29 is 19.1 Å². The molecule has 8 nitrogen and oxygen atoms in total. The number of nitrogens with zero attached hydrogens (tertiary/aromatic N) is 2. The molecule has 1 fully saturated rings. The van der Waals surface area contributed by atoms with E-state index in [1.165, 1.54) is 26.4 Å². The Hall–Kier alpha value is -3.55. The maximum Gasteiger partial charge on any atom is 0.347 e. The molecule has 0 bridgehead atoms. The van der Waals surface area contributed by atoms with Crippen LogP contribution in [-0.4, -0.2) is 40.8 Å². The molecule has 1 saturated carbocycles. The third-order valence-electron chi connectivity index (χ3n) is 7.47. The summed E-state index contributed by atoms with van der Waals surface area (Å²) in [7, 11) is 1.39. The fourth-order valence-electron chi connectivity index (χ4n) is 5.32. The maximum absolute atomic E-state index is 12.7. The Bertz CT molecular complexity index is 1260. The Morgan fingerprint density at radius 3 is 2.50 bits per heavy atom. The van der Waals surface area contributed by atoms with Crippen LogP contribution in [0.4, 0.5) is 10.5 Å². The number of ether oxygens (including phenoxy) is 2. The fourth-order valence-corrected chi connectivity index (χ4v) is 5.32. The van der Waals surface area contributed by atoms with Crippen molar-refractivity contribution in [1.29, 1.82) is 0 Å². The molecule has 1 aromatic heterocycles. The molecule has 40 heavy (non-hydrogen) atoms. The number of anilines is 1. The molecule has 8 heteroatoms. The molecular formula is C32H44N4O4. The molecule has 1 aliphatic carbocycles. The number of amides is 2. The van der Waals surface area contributed by atoms with Crippen molar-refractivity contribution in [1.82, 2.24) is 14.9 Å². The van der Waals surface area contributed by atoms with Crippen LogP contribution < -0.4 is 15.4 Å². The first kappa shape index (κ1) is 29.4. The van der Waals surface area contributed by atoms with Crippen LogP contribution in [0, 0.1) is 5.92 Å². The van der Waals surface area contributed by atoms with Gasteiger partial charge in [-0.05, 0) is 67.5 Å². The summed E-state index contributed by atoms with van der Waals surface area (Å²) in [4.78, 5) is 29.8. The second-order valence-electron chi connectivity index (χ2n) is 11.3. The zero-order valence-corrected chi connectivity index (χ0v) is 24.4. The van der Waals surface area contributed by atoms with Gasteiger partial charge in [0.15, 0.2) is 6.10 Å². The molecule has 1 atom stereocenters. The second-order valence-corrected chi connectivity index (χ2v) is 11.3. The van der Waals surface area contributed by atoms with Crippen LogP contribution in [-0.2, 0) is 22.5 Å². The number of aromatic nitrogens is 2. The van der Waals surface area contributed by atoms with Crippen LogP contribution in [0.25, 0.3) is 11.0 Å². The third kappa shape index (κ3) is 7.99. The number of carbonyl (C=O) groups is 2. The molecule has 1 heterocycles. The third-order valence-corrected chi connectivity index (χ3v) is 7.47. The monoisotopic (exact) mass is 548 g/mol. The number of aryl methyl sites for hydroxylation is 1. The van der Waals surface area contributed by atoms with E-state index in [4.69, 9.17) is 14.5 Å². The number of imidazole rings is 1. The minimum absolute atomic E-state index is 0.151. The number of esters is 1. The van der Waals surface area contributed by atoms with Crippen molar-refractivity contribution >= 4 is 28.7 Å². The Labute approximate surface area is 237 Å². The van der Waals surface area contributed by atoms with Gasteiger partial charge in [0.2, 0.25) is 0 Å². The van der Waals surface area contributed by atoms with E-state index in [1.54, 1.807) is 0 Å². The molecular weight excluding hydrogens is 504 g/mol. The molecule has 4 rings (SSSR count). The standard InChI is InChI=1S/C32H44N4O4/c1-5-6-12-30-35-27-18-15-25(34-32(38)33-24-10-8-7-9-11-24)20-28(27)36(30)21-23-13-16-26(17-14-23)40-29(19-22(2)3)31(37)39-4/h13-18,20,22,24,29H,5-12,19,21H2,1-4H3,(H2,33,34,38). The number of methoxy groups -OCH3 is 1. The van der Waals surface area contributed by atoms with E-state index in [9.17, 15) is 9.59 Å². The minimum atomic E-state index is -0.629. The van der Waals surface area contributed by atoms with Crippen molar-refractivity contribution in [3.8, 4) is 5.75 Å². The van der Waals surface area contributed by atoms with Gasteiger partial charge in [0.1, 0.15) is 11.6 Å². The van der Waals surface area contributed by atoms with Gasteiger partial charge in [-0.15, -0.1) is 0 Å². The Morgan fingerprint density at radius 2 is 1.82 bits per heavy atom. The first-order valence-electron chi connectivity index (χ1n) is 14.8. The van der Waals surface area contributed by atoms with Crippen LogP contribution >= 0.6 is 0 Å². The summed E-state index contributed by atoms with van der Waals surface area (Å²) < 4.78 is 13.2. The highest BCUT2D eigenvalue weighted by molar-refractivity contribution is 5.92. The number of hydrogen-bond acceptors (Lipinski definition) is 5. The van der Waals surface area contributed by atoms with Crippen LogP contribution in [0.3, 0.4) is 0 Å². The van der Waals surface area contributed by atoms with Gasteiger partial charge < -0.3 is 24.7 Å². The molecule has 0 spiro atoms. The number of urea groups is 1. The number of rotatable bonds is 12. The van der Waals surface area contributed by atoms with Crippen molar-refractivity contribution in [3.63, 3.8) is 0 Å². The van der Waals surface area contributed by atoms with E-state index in [-0.39, 0.29) is 18.0 Å². The number of hydrogen-bond donors (Lipinski definition) is 2. The second kappa shape index (κ2) is 14.2. The average Bonchev–Trinajstić information content (AvgIpc) is 3.28. The number of carbonyl (C=O) groups excluding carboxylic acids is 2. The molecule has 0 radical (unpaired) electrons. The van der Waals surface area contributed by atoms with Crippen molar-refractivity contribution in [2.75, 3.05) is 12.4 Å². The fraction of sp³-hybridized carbons (Fsp3) is 0.531. The van der Waals surface area contributed by atoms with Crippen molar-refractivity contribution in [3.05, 3.63) is 53.9 Å². The molecule has 2 N–H and O–H groups in total. The van der Waals surface area contributed by atoms with Gasteiger partial charge in [-0.25, -0.2) is 14.6 Å². The van der Waals surface area contributed by atoms with Gasteiger partial charge in [0.25, 0.3) is 0 Å². The number of nitrogens with one attached hydrogen (secondary N) is 2. The van der Waals surface area contributed by atoms with E-state index in [2.05, 4.69) is 36.0 Å². The van der Waals surface area contributed by atoms with Gasteiger partial charge in [0.05, 0.1) is 18.1 Å². The van der Waals surface area contributed by atoms with Gasteiger partial charge in [0, 0.05) is 24.7 Å². The predicted molar refractivity (Wildman–Crippen MR) is 159 cm³/mol. The lowest BCUT2D eigenvalue weighted by Crippen LogP contribution is -2.39. The van der Waals surface area contributed by atoms with Gasteiger partial charge in [-0.2, -0.15) is 0 Å². The first-order chi connectivity index (χ1) is 19.4. The predicted octanol–water partition coefficient (Wildman–Crippen LogP) is 6.85. The highest BCUT2D eigenvalue weighted by atomic mass is 16.6. The molecule has 216 valence electrons. The summed E-state index contributed by atoms with van der Waals surface area (Å²) in [6, 6.07) is 13.9. The Balaban J connectivity index is 1.51. The van der Waals surface area contributed by atoms with Gasteiger partial charge >= 0.3 is 12.0 Å². The van der Waals surface area contributed by atoms with E-state index in [0.29, 0.717) is 24.6 Å². The molecule has 1 aliphatic rings. The minimum Gasteiger partial charge on any atom is -0.479 e. The molecule has 1 unspecified atom stereocenters. The summed E-state index contributed by atoms with van der Waals surface area (Å²) in [5.41, 5.74) is 3.76. The molecule has 0 aliphatic heterocycles. The normalized spacial score (nSPS) is 14.7. The van der Waals surface area contributed by atoms with E-state index < -0.39 is 6.10 Å². The first-order valence-corrected chi connectivity index (χ1v) is 14.8. The summed E-state index contributed by atoms with van der Waals surface area (Å²) in [5, 5.41) is 6.16. The smallest absolute Gasteiger partial charge is 0.347 e. The topological polar surface area (TPSA) is 94.5 Å². The summed E-state index contributed by atoms with van der Waals surface area (Å²) >= 11 is 0. The quantitative estimate of drug-likeness (QED) is 0.242. The largest absolute Gasteiger partial charge is 0.479 e. The molecule has 0 saturated heterocycles. The number of benzene rings is 2. The highest BCUT2D eigenvalue weighted by Gasteiger charge is 2.22. The summed E-state index contributed by atoms with van der Waals surface area (Å²) in [6.07, 6.45) is 8.67. The molecule has 2 aromatic carbocycles. The number of unbranched alkanes of at least 4 members (excludes halogenated alkanes) is 1. The van der Waals surface area contributed by atoms with E-state index in [1.807, 2.05) is 42.5 Å². The van der Waals surface area contributed by atoms with Crippen LogP contribution in [0.5, 0.6) is 5.75 Å². The van der Waals surface area contributed by atoms with Gasteiger partial charge in [-0.3, -0.25) is 0 Å². The Morgan fingerprint density at radius 1 is 1.07 bits per heavy atom. The zero-order chi connectivity index (χ0) is 28.5. The van der Waals surface area contributed by atoms with E-state index >= 15 is 0 Å².